The summed E-state index contributed by atoms with van der Waals surface area (Å²) in [5, 5.41) is 7.87. The second kappa shape index (κ2) is 11.2. The standard InChI is InChI=1S/C32H38F3N5O4/c1-2-38-29-25(27(31(43)39-13-10-19-17-23(19)39)37-40(29)22-11-14-44-15-12-22)24(18-6-3-4-7-18)26(30(38)42)36-28(41)20-8-5-9-21(16-20)32(33,34)35/h5,8-9,16,18-19,22-24,26H,2-4,6-7,10-15,17H2,1H3,(H,36,41)/t19?,23?,24-,26-/m0/s1. The minimum Gasteiger partial charge on any atom is -0.381 e. The first-order valence-electron chi connectivity index (χ1n) is 16.0. The van der Waals surface area contributed by atoms with Gasteiger partial charge < -0.3 is 15.0 Å². The Morgan fingerprint density at radius 2 is 1.82 bits per heavy atom. The molecule has 7 rings (SSSR count). The lowest BCUT2D eigenvalue weighted by atomic mass is 9.76. The maximum Gasteiger partial charge on any atom is 0.416 e. The van der Waals surface area contributed by atoms with Crippen LogP contribution in [0.3, 0.4) is 0 Å². The number of fused-ring (bicyclic) bond motifs is 2. The maximum atomic E-state index is 14.4. The summed E-state index contributed by atoms with van der Waals surface area (Å²) in [6, 6.07) is 3.38. The molecule has 1 aromatic heterocycles. The van der Waals surface area contributed by atoms with Gasteiger partial charge in [-0.25, -0.2) is 4.68 Å². The van der Waals surface area contributed by atoms with Crippen molar-refractivity contribution in [1.82, 2.24) is 20.0 Å². The summed E-state index contributed by atoms with van der Waals surface area (Å²) in [6.45, 7) is 3.92. The predicted octanol–water partition coefficient (Wildman–Crippen LogP) is 4.93. The lowest BCUT2D eigenvalue weighted by Gasteiger charge is -2.41. The van der Waals surface area contributed by atoms with E-state index >= 15 is 0 Å². The van der Waals surface area contributed by atoms with Gasteiger partial charge in [0.05, 0.1) is 11.6 Å². The van der Waals surface area contributed by atoms with Crippen molar-refractivity contribution in [2.24, 2.45) is 11.8 Å². The van der Waals surface area contributed by atoms with Gasteiger partial charge in [0.25, 0.3) is 17.7 Å². The molecule has 2 aliphatic carbocycles. The van der Waals surface area contributed by atoms with Crippen molar-refractivity contribution in [2.45, 2.75) is 88.5 Å². The van der Waals surface area contributed by atoms with Crippen LogP contribution in [0.25, 0.3) is 0 Å². The molecule has 0 bridgehead atoms. The second-order valence-electron chi connectivity index (χ2n) is 12.9. The Kier molecular flexibility index (Phi) is 7.45. The number of likely N-dealkylation sites (tertiary alicyclic amines) is 1. The fourth-order valence-electron chi connectivity index (χ4n) is 8.07. The van der Waals surface area contributed by atoms with Crippen LogP contribution in [0.4, 0.5) is 19.0 Å². The van der Waals surface area contributed by atoms with Gasteiger partial charge in [-0.3, -0.25) is 19.3 Å². The fourth-order valence-corrected chi connectivity index (χ4v) is 8.07. The zero-order valence-electron chi connectivity index (χ0n) is 24.8. The Bertz CT molecular complexity index is 1460. The van der Waals surface area contributed by atoms with Crippen molar-refractivity contribution in [1.29, 1.82) is 0 Å². The van der Waals surface area contributed by atoms with Crippen molar-refractivity contribution >= 4 is 23.5 Å². The SMILES string of the molecule is CCN1C(=O)[C@@H](NC(=O)c2cccc(C(F)(F)F)c2)[C@@H](C2CCCC2)c2c(C(=O)N3CCC4CC43)nn(C3CCOCC3)c21. The molecule has 4 heterocycles. The molecule has 2 aromatic rings. The van der Waals surface area contributed by atoms with E-state index in [9.17, 15) is 27.6 Å². The van der Waals surface area contributed by atoms with Crippen LogP contribution in [0.15, 0.2) is 24.3 Å². The molecular formula is C32H38F3N5O4. The highest BCUT2D eigenvalue weighted by atomic mass is 19.4. The summed E-state index contributed by atoms with van der Waals surface area (Å²) in [4.78, 5) is 45.8. The molecule has 5 aliphatic rings. The Morgan fingerprint density at radius 3 is 2.45 bits per heavy atom. The van der Waals surface area contributed by atoms with Gasteiger partial charge in [-0.1, -0.05) is 18.9 Å². The lowest BCUT2D eigenvalue weighted by molar-refractivity contribution is -0.137. The molecule has 44 heavy (non-hydrogen) atoms. The number of hydrogen-bond acceptors (Lipinski definition) is 5. The molecule has 0 radical (unpaired) electrons. The Hall–Kier alpha value is -3.41. The van der Waals surface area contributed by atoms with Gasteiger partial charge in [0, 0.05) is 49.4 Å². The number of anilines is 1. The molecule has 3 aliphatic heterocycles. The highest BCUT2D eigenvalue weighted by Crippen LogP contribution is 2.50. The lowest BCUT2D eigenvalue weighted by Crippen LogP contribution is -2.57. The quantitative estimate of drug-likeness (QED) is 0.499. The number of alkyl halides is 3. The molecule has 236 valence electrons. The van der Waals surface area contributed by atoms with Gasteiger partial charge in [0.1, 0.15) is 11.9 Å². The summed E-state index contributed by atoms with van der Waals surface area (Å²) in [7, 11) is 0. The van der Waals surface area contributed by atoms with Gasteiger partial charge in [0.2, 0.25) is 0 Å². The number of ether oxygens (including phenoxy) is 1. The largest absolute Gasteiger partial charge is 0.416 e. The Labute approximate surface area is 254 Å². The third kappa shape index (κ3) is 4.98. The van der Waals surface area contributed by atoms with Gasteiger partial charge in [0.15, 0.2) is 5.69 Å². The van der Waals surface area contributed by atoms with Crippen molar-refractivity contribution in [3.05, 3.63) is 46.6 Å². The number of aromatic nitrogens is 2. The summed E-state index contributed by atoms with van der Waals surface area (Å²) in [5.41, 5.74) is -0.0503. The molecule has 4 atom stereocenters. The summed E-state index contributed by atoms with van der Waals surface area (Å²) < 4.78 is 47.9. The van der Waals surface area contributed by atoms with E-state index in [2.05, 4.69) is 5.32 Å². The van der Waals surface area contributed by atoms with E-state index in [1.54, 1.807) is 4.90 Å². The number of halogens is 3. The molecule has 2 unspecified atom stereocenters. The molecule has 1 N–H and O–H groups in total. The molecule has 2 saturated heterocycles. The number of benzene rings is 1. The van der Waals surface area contributed by atoms with Crippen LogP contribution in [0.2, 0.25) is 0 Å². The second-order valence-corrected chi connectivity index (χ2v) is 12.9. The highest BCUT2D eigenvalue weighted by Gasteiger charge is 2.53. The third-order valence-electron chi connectivity index (χ3n) is 10.4. The number of likely N-dealkylation sites (N-methyl/N-ethyl adjacent to an activating group) is 1. The van der Waals surface area contributed by atoms with E-state index in [-0.39, 0.29) is 41.9 Å². The van der Waals surface area contributed by atoms with Crippen LogP contribution < -0.4 is 10.2 Å². The predicted molar refractivity (Wildman–Crippen MR) is 154 cm³/mol. The minimum atomic E-state index is -4.61. The van der Waals surface area contributed by atoms with Crippen molar-refractivity contribution in [3.63, 3.8) is 0 Å². The number of rotatable bonds is 6. The Morgan fingerprint density at radius 1 is 1.07 bits per heavy atom. The molecule has 9 nitrogen and oxygen atoms in total. The van der Waals surface area contributed by atoms with E-state index in [1.807, 2.05) is 16.5 Å². The number of hydrogen-bond donors (Lipinski definition) is 1. The highest BCUT2D eigenvalue weighted by molar-refractivity contribution is 6.07. The van der Waals surface area contributed by atoms with E-state index in [4.69, 9.17) is 9.84 Å². The summed E-state index contributed by atoms with van der Waals surface area (Å²) in [6.07, 6.45) is 2.33. The topological polar surface area (TPSA) is 96.8 Å². The van der Waals surface area contributed by atoms with Crippen LogP contribution in [0, 0.1) is 11.8 Å². The van der Waals surface area contributed by atoms with Crippen LogP contribution in [0.5, 0.6) is 0 Å². The first-order valence-corrected chi connectivity index (χ1v) is 16.0. The van der Waals surface area contributed by atoms with E-state index in [1.165, 1.54) is 12.1 Å². The van der Waals surface area contributed by atoms with Crippen LogP contribution in [-0.4, -0.2) is 70.8 Å². The van der Waals surface area contributed by atoms with E-state index < -0.39 is 29.6 Å². The third-order valence-corrected chi connectivity index (χ3v) is 10.4. The van der Waals surface area contributed by atoms with Gasteiger partial charge in [-0.2, -0.15) is 18.3 Å². The summed E-state index contributed by atoms with van der Waals surface area (Å²) in [5.74, 6) is -0.562. The summed E-state index contributed by atoms with van der Waals surface area (Å²) >= 11 is 0. The average molecular weight is 614 g/mol. The number of nitrogens with zero attached hydrogens (tertiary/aromatic N) is 4. The number of piperidine rings is 1. The van der Waals surface area contributed by atoms with E-state index in [0.717, 1.165) is 50.7 Å². The van der Waals surface area contributed by atoms with Crippen LogP contribution in [0.1, 0.15) is 102 Å². The zero-order valence-corrected chi connectivity index (χ0v) is 24.8. The van der Waals surface area contributed by atoms with Crippen molar-refractivity contribution < 1.29 is 32.3 Å². The number of amides is 3. The Balaban J connectivity index is 1.34. The maximum absolute atomic E-state index is 14.4. The van der Waals surface area contributed by atoms with Crippen LogP contribution in [-0.2, 0) is 15.7 Å². The molecular weight excluding hydrogens is 575 g/mol. The monoisotopic (exact) mass is 613 g/mol. The fraction of sp³-hybridized carbons (Fsp3) is 0.625. The van der Waals surface area contributed by atoms with Crippen LogP contribution >= 0.6 is 0 Å². The van der Waals surface area contributed by atoms with E-state index in [0.29, 0.717) is 55.6 Å². The first-order chi connectivity index (χ1) is 21.2. The van der Waals surface area contributed by atoms with Gasteiger partial charge >= 0.3 is 6.18 Å². The minimum absolute atomic E-state index is 0.00894. The molecule has 4 fully saturated rings. The van der Waals surface area contributed by atoms with Crippen molar-refractivity contribution in [3.8, 4) is 0 Å². The number of nitrogens with one attached hydrogen (secondary N) is 1. The van der Waals surface area contributed by atoms with Gasteiger partial charge in [-0.15, -0.1) is 0 Å². The molecule has 3 amide bonds. The smallest absolute Gasteiger partial charge is 0.381 e. The normalized spacial score (nSPS) is 27.4. The first kappa shape index (κ1) is 29.3. The van der Waals surface area contributed by atoms with Gasteiger partial charge in [-0.05, 0) is 75.5 Å². The van der Waals surface area contributed by atoms with Crippen molar-refractivity contribution in [2.75, 3.05) is 31.2 Å². The zero-order chi connectivity index (χ0) is 30.7. The number of carbonyl (C=O) groups is 3. The molecule has 12 heteroatoms. The molecule has 1 aromatic carbocycles. The molecule has 2 saturated carbocycles. The number of carbonyl (C=O) groups excluding carboxylic acids is 3. The molecule has 0 spiro atoms. The average Bonchev–Trinajstić information content (AvgIpc) is 3.37.